The van der Waals surface area contributed by atoms with Crippen molar-refractivity contribution in [1.29, 1.82) is 0 Å². The topological polar surface area (TPSA) is 22.0 Å². The summed E-state index contributed by atoms with van der Waals surface area (Å²) in [4.78, 5) is 12.0. The lowest BCUT2D eigenvalue weighted by molar-refractivity contribution is 0.101. The van der Waals surface area contributed by atoms with Crippen molar-refractivity contribution in [3.8, 4) is 16.9 Å². The van der Waals surface area contributed by atoms with E-state index in [1.807, 2.05) is 37.3 Å². The summed E-state index contributed by atoms with van der Waals surface area (Å²) < 4.78 is 2.12. The average Bonchev–Trinajstić information content (AvgIpc) is 2.87. The van der Waals surface area contributed by atoms with Gasteiger partial charge >= 0.3 is 0 Å². The van der Waals surface area contributed by atoms with Gasteiger partial charge in [0.1, 0.15) is 0 Å². The molecule has 0 radical (unpaired) electrons. The molecule has 1 aromatic heterocycles. The van der Waals surface area contributed by atoms with Gasteiger partial charge in [-0.3, -0.25) is 4.79 Å². The lowest BCUT2D eigenvalue weighted by atomic mass is 10.1. The second-order valence-corrected chi connectivity index (χ2v) is 6.20. The van der Waals surface area contributed by atoms with Crippen LogP contribution >= 0.6 is 11.6 Å². The molecule has 0 amide bonds. The van der Waals surface area contributed by atoms with Crippen LogP contribution in [0.25, 0.3) is 16.9 Å². The standard InChI is InChI=1S/C20H18ClNO/c1-13-4-10-18(11-5-13)22-14(2)19(15(3)23)12-20(22)16-6-8-17(21)9-7-16/h4-12H,1-3H3. The molecule has 0 spiro atoms. The van der Waals surface area contributed by atoms with E-state index in [1.54, 1.807) is 6.92 Å². The van der Waals surface area contributed by atoms with Crippen LogP contribution < -0.4 is 0 Å². The van der Waals surface area contributed by atoms with Crippen LogP contribution in [0.4, 0.5) is 0 Å². The Kier molecular flexibility index (Phi) is 4.10. The quantitative estimate of drug-likeness (QED) is 0.573. The van der Waals surface area contributed by atoms with Gasteiger partial charge in [0.25, 0.3) is 0 Å². The highest BCUT2D eigenvalue weighted by molar-refractivity contribution is 6.30. The Bertz CT molecular complexity index is 858. The van der Waals surface area contributed by atoms with E-state index in [0.29, 0.717) is 5.02 Å². The van der Waals surface area contributed by atoms with Crippen molar-refractivity contribution >= 4 is 17.4 Å². The van der Waals surface area contributed by atoms with E-state index in [1.165, 1.54) is 5.56 Å². The SMILES string of the molecule is CC(=O)c1cc(-c2ccc(Cl)cc2)n(-c2ccc(C)cc2)c1C. The van der Waals surface area contributed by atoms with Gasteiger partial charge in [0, 0.05) is 22.0 Å². The van der Waals surface area contributed by atoms with Crippen molar-refractivity contribution in [3.05, 3.63) is 76.4 Å². The molecule has 1 heterocycles. The van der Waals surface area contributed by atoms with Gasteiger partial charge in [0.05, 0.1) is 5.69 Å². The highest BCUT2D eigenvalue weighted by atomic mass is 35.5. The third-order valence-electron chi connectivity index (χ3n) is 4.06. The lowest BCUT2D eigenvalue weighted by Crippen LogP contribution is -2.01. The zero-order valence-corrected chi connectivity index (χ0v) is 14.2. The van der Waals surface area contributed by atoms with Crippen molar-refractivity contribution in [2.75, 3.05) is 0 Å². The van der Waals surface area contributed by atoms with Crippen molar-refractivity contribution < 1.29 is 4.79 Å². The molecule has 0 atom stereocenters. The average molecular weight is 324 g/mol. The maximum atomic E-state index is 12.0. The first-order chi connectivity index (χ1) is 11.0. The molecule has 0 aliphatic carbocycles. The van der Waals surface area contributed by atoms with Gasteiger partial charge in [-0.25, -0.2) is 0 Å². The van der Waals surface area contributed by atoms with Crippen molar-refractivity contribution in [1.82, 2.24) is 4.57 Å². The minimum absolute atomic E-state index is 0.0728. The predicted octanol–water partition coefficient (Wildman–Crippen LogP) is 5.62. The molecule has 0 N–H and O–H groups in total. The van der Waals surface area contributed by atoms with E-state index >= 15 is 0 Å². The molecule has 0 bridgehead atoms. The van der Waals surface area contributed by atoms with E-state index in [9.17, 15) is 4.79 Å². The van der Waals surface area contributed by atoms with E-state index in [2.05, 4.69) is 35.8 Å². The zero-order valence-electron chi connectivity index (χ0n) is 13.4. The summed E-state index contributed by atoms with van der Waals surface area (Å²) in [6.45, 7) is 5.65. The molecule has 3 aromatic rings. The Hall–Kier alpha value is -2.32. The third kappa shape index (κ3) is 2.95. The molecule has 0 saturated heterocycles. The highest BCUT2D eigenvalue weighted by Crippen LogP contribution is 2.30. The Labute approximate surface area is 141 Å². The van der Waals surface area contributed by atoms with Crippen LogP contribution in [0.2, 0.25) is 5.02 Å². The maximum Gasteiger partial charge on any atom is 0.161 e. The first-order valence-corrected chi connectivity index (χ1v) is 7.91. The molecular weight excluding hydrogens is 306 g/mol. The normalized spacial score (nSPS) is 10.8. The van der Waals surface area contributed by atoms with Crippen LogP contribution in [-0.4, -0.2) is 10.4 Å². The second kappa shape index (κ2) is 6.05. The lowest BCUT2D eigenvalue weighted by Gasteiger charge is -2.13. The van der Waals surface area contributed by atoms with Crippen molar-refractivity contribution in [3.63, 3.8) is 0 Å². The summed E-state index contributed by atoms with van der Waals surface area (Å²) >= 11 is 6.00. The Morgan fingerprint density at radius 2 is 1.57 bits per heavy atom. The molecule has 0 aliphatic rings. The second-order valence-electron chi connectivity index (χ2n) is 5.76. The minimum Gasteiger partial charge on any atom is -0.313 e. The summed E-state index contributed by atoms with van der Waals surface area (Å²) in [5.41, 5.74) is 5.98. The number of benzene rings is 2. The Balaban J connectivity index is 2.25. The van der Waals surface area contributed by atoms with Crippen molar-refractivity contribution in [2.24, 2.45) is 0 Å². The van der Waals surface area contributed by atoms with Gasteiger partial charge in [-0.15, -0.1) is 0 Å². The van der Waals surface area contributed by atoms with E-state index < -0.39 is 0 Å². The molecule has 2 nitrogen and oxygen atoms in total. The number of aryl methyl sites for hydroxylation is 1. The van der Waals surface area contributed by atoms with E-state index in [-0.39, 0.29) is 5.78 Å². The Morgan fingerprint density at radius 1 is 0.957 bits per heavy atom. The number of rotatable bonds is 3. The number of carbonyl (C=O) groups excluding carboxylic acids is 1. The number of ketones is 1. The largest absolute Gasteiger partial charge is 0.313 e. The van der Waals surface area contributed by atoms with E-state index in [0.717, 1.165) is 28.2 Å². The van der Waals surface area contributed by atoms with Gasteiger partial charge in [0.2, 0.25) is 0 Å². The molecule has 3 rings (SSSR count). The molecule has 116 valence electrons. The predicted molar refractivity (Wildman–Crippen MR) is 95.7 cm³/mol. The zero-order chi connectivity index (χ0) is 16.6. The van der Waals surface area contributed by atoms with Gasteiger partial charge in [-0.1, -0.05) is 41.4 Å². The summed E-state index contributed by atoms with van der Waals surface area (Å²) in [6, 6.07) is 18.0. The number of carbonyl (C=O) groups is 1. The fourth-order valence-corrected chi connectivity index (χ4v) is 2.95. The summed E-state index contributed by atoms with van der Waals surface area (Å²) in [7, 11) is 0. The number of Topliss-reactive ketones (excluding diaryl/α,β-unsaturated/α-hetero) is 1. The highest BCUT2D eigenvalue weighted by Gasteiger charge is 2.17. The summed E-state index contributed by atoms with van der Waals surface area (Å²) in [6.07, 6.45) is 0. The molecular formula is C20H18ClNO. The fraction of sp³-hybridized carbons (Fsp3) is 0.150. The Morgan fingerprint density at radius 3 is 2.13 bits per heavy atom. The molecule has 0 saturated carbocycles. The van der Waals surface area contributed by atoms with Crippen LogP contribution in [0.15, 0.2) is 54.6 Å². The van der Waals surface area contributed by atoms with Gasteiger partial charge in [-0.05, 0) is 56.7 Å². The van der Waals surface area contributed by atoms with Gasteiger partial charge < -0.3 is 4.57 Å². The number of halogens is 1. The maximum absolute atomic E-state index is 12.0. The third-order valence-corrected chi connectivity index (χ3v) is 4.31. The van der Waals surface area contributed by atoms with Crippen LogP contribution in [0, 0.1) is 13.8 Å². The first kappa shape index (κ1) is 15.6. The molecule has 0 unspecified atom stereocenters. The van der Waals surface area contributed by atoms with Crippen molar-refractivity contribution in [2.45, 2.75) is 20.8 Å². The fourth-order valence-electron chi connectivity index (χ4n) is 2.82. The van der Waals surface area contributed by atoms with Crippen LogP contribution in [0.3, 0.4) is 0 Å². The molecule has 3 heteroatoms. The molecule has 0 fully saturated rings. The van der Waals surface area contributed by atoms with Gasteiger partial charge in [0.15, 0.2) is 5.78 Å². The molecule has 0 aliphatic heterocycles. The number of nitrogens with zero attached hydrogens (tertiary/aromatic N) is 1. The number of hydrogen-bond acceptors (Lipinski definition) is 1. The van der Waals surface area contributed by atoms with Crippen LogP contribution in [0.5, 0.6) is 0 Å². The van der Waals surface area contributed by atoms with Gasteiger partial charge in [-0.2, -0.15) is 0 Å². The van der Waals surface area contributed by atoms with Crippen LogP contribution in [-0.2, 0) is 0 Å². The van der Waals surface area contributed by atoms with E-state index in [4.69, 9.17) is 11.6 Å². The first-order valence-electron chi connectivity index (χ1n) is 7.53. The minimum atomic E-state index is 0.0728. The molecule has 23 heavy (non-hydrogen) atoms. The monoisotopic (exact) mass is 323 g/mol. The number of hydrogen-bond donors (Lipinski definition) is 0. The summed E-state index contributed by atoms with van der Waals surface area (Å²) in [5.74, 6) is 0.0728. The summed E-state index contributed by atoms with van der Waals surface area (Å²) in [5, 5.41) is 0.700. The number of aromatic nitrogens is 1. The molecule has 2 aromatic carbocycles. The smallest absolute Gasteiger partial charge is 0.161 e. The van der Waals surface area contributed by atoms with Crippen LogP contribution in [0.1, 0.15) is 28.5 Å².